The summed E-state index contributed by atoms with van der Waals surface area (Å²) in [5, 5.41) is 11.1. The molecule has 0 bridgehead atoms. The van der Waals surface area contributed by atoms with Gasteiger partial charge in [0.05, 0.1) is 27.9 Å². The zero-order valence-corrected chi connectivity index (χ0v) is 17.8. The molecule has 0 amide bonds. The van der Waals surface area contributed by atoms with Gasteiger partial charge in [-0.1, -0.05) is 30.3 Å². The van der Waals surface area contributed by atoms with Gasteiger partial charge in [-0.2, -0.15) is 5.10 Å². The Bertz CT molecular complexity index is 1520. The van der Waals surface area contributed by atoms with Gasteiger partial charge in [0, 0.05) is 37.2 Å². The molecule has 1 aromatic carbocycles. The molecule has 0 saturated carbocycles. The number of nitrogens with zero attached hydrogens (tertiary/aromatic N) is 4. The molecule has 0 spiro atoms. The van der Waals surface area contributed by atoms with Crippen LogP contribution in [0.15, 0.2) is 85.3 Å². The Morgan fingerprint density at radius 2 is 1.73 bits per heavy atom. The van der Waals surface area contributed by atoms with Crippen molar-refractivity contribution in [3.8, 4) is 22.6 Å². The molecule has 0 aliphatic heterocycles. The molecule has 0 aliphatic rings. The molecule has 0 atom stereocenters. The van der Waals surface area contributed by atoms with Gasteiger partial charge in [0.2, 0.25) is 0 Å². The molecule has 160 valence electrons. The van der Waals surface area contributed by atoms with Gasteiger partial charge in [-0.3, -0.25) is 15.1 Å². The van der Waals surface area contributed by atoms with Crippen molar-refractivity contribution >= 4 is 22.1 Å². The first-order chi connectivity index (χ1) is 16.3. The van der Waals surface area contributed by atoms with E-state index in [0.717, 1.165) is 63.4 Å². The highest BCUT2D eigenvalue weighted by molar-refractivity contribution is 5.93. The van der Waals surface area contributed by atoms with E-state index in [-0.39, 0.29) is 0 Å². The predicted molar refractivity (Wildman–Crippen MR) is 129 cm³/mol. The zero-order valence-electron chi connectivity index (χ0n) is 17.8. The topological polar surface area (TPSA) is 95.2 Å². The second-order valence-electron chi connectivity index (χ2n) is 7.96. The van der Waals surface area contributed by atoms with E-state index in [1.54, 1.807) is 6.20 Å². The summed E-state index contributed by atoms with van der Waals surface area (Å²) in [6, 6.07) is 22.4. The van der Waals surface area contributed by atoms with E-state index in [1.165, 1.54) is 5.56 Å². The van der Waals surface area contributed by atoms with E-state index in [9.17, 15) is 0 Å². The zero-order chi connectivity index (χ0) is 22.0. The van der Waals surface area contributed by atoms with E-state index in [1.807, 2.05) is 48.8 Å². The number of aromatic nitrogens is 6. The molecule has 5 heterocycles. The number of fused-ring (bicyclic) bond motifs is 2. The van der Waals surface area contributed by atoms with Gasteiger partial charge in [-0.05, 0) is 47.5 Å². The van der Waals surface area contributed by atoms with Crippen molar-refractivity contribution in [1.29, 1.82) is 0 Å². The van der Waals surface area contributed by atoms with Crippen LogP contribution in [0.5, 0.6) is 0 Å². The first-order valence-electron chi connectivity index (χ1n) is 10.8. The second-order valence-corrected chi connectivity index (χ2v) is 7.96. The first kappa shape index (κ1) is 19.3. The molecule has 5 aromatic heterocycles. The number of hydrogen-bond donors (Lipinski definition) is 3. The van der Waals surface area contributed by atoms with Crippen LogP contribution in [0, 0.1) is 0 Å². The van der Waals surface area contributed by atoms with E-state index in [2.05, 4.69) is 60.8 Å². The Balaban J connectivity index is 1.28. The van der Waals surface area contributed by atoms with Crippen LogP contribution in [-0.4, -0.2) is 30.1 Å². The van der Waals surface area contributed by atoms with E-state index in [0.29, 0.717) is 0 Å². The average Bonchev–Trinajstić information content (AvgIpc) is 3.48. The highest BCUT2D eigenvalue weighted by Crippen LogP contribution is 2.29. The maximum atomic E-state index is 4.93. The lowest BCUT2D eigenvalue weighted by atomic mass is 10.1. The van der Waals surface area contributed by atoms with Crippen LogP contribution in [0.4, 0.5) is 0 Å². The molecule has 0 saturated heterocycles. The van der Waals surface area contributed by atoms with Crippen molar-refractivity contribution in [1.82, 2.24) is 35.5 Å². The number of benzene rings is 1. The summed E-state index contributed by atoms with van der Waals surface area (Å²) in [4.78, 5) is 17.2. The Morgan fingerprint density at radius 3 is 2.64 bits per heavy atom. The monoisotopic (exact) mass is 431 g/mol. The van der Waals surface area contributed by atoms with Crippen LogP contribution in [0.3, 0.4) is 0 Å². The van der Waals surface area contributed by atoms with Gasteiger partial charge in [-0.25, -0.2) is 4.98 Å². The molecule has 0 unspecified atom stereocenters. The SMILES string of the molecule is c1ccc(CNCc2cncc(-c3ccc4[nH]nc(-c5cc6ncccc6[nH]5)c4n3)c2)cc1. The highest BCUT2D eigenvalue weighted by Gasteiger charge is 2.14. The first-order valence-corrected chi connectivity index (χ1v) is 10.8. The minimum atomic E-state index is 0.733. The number of hydrogen-bond acceptors (Lipinski definition) is 5. The average molecular weight is 432 g/mol. The number of H-pyrrole nitrogens is 2. The van der Waals surface area contributed by atoms with Gasteiger partial charge in [-0.15, -0.1) is 0 Å². The van der Waals surface area contributed by atoms with Crippen molar-refractivity contribution in [3.63, 3.8) is 0 Å². The van der Waals surface area contributed by atoms with Crippen molar-refractivity contribution in [2.45, 2.75) is 13.1 Å². The Hall–Kier alpha value is -4.36. The third-order valence-electron chi connectivity index (χ3n) is 5.64. The van der Waals surface area contributed by atoms with E-state index < -0.39 is 0 Å². The van der Waals surface area contributed by atoms with Crippen LogP contribution in [-0.2, 0) is 13.1 Å². The number of aromatic amines is 2. The Labute approximate surface area is 190 Å². The minimum Gasteiger partial charge on any atom is -0.352 e. The lowest BCUT2D eigenvalue weighted by Crippen LogP contribution is -2.12. The molecular weight excluding hydrogens is 410 g/mol. The van der Waals surface area contributed by atoms with Crippen LogP contribution < -0.4 is 5.32 Å². The van der Waals surface area contributed by atoms with Crippen molar-refractivity contribution in [2.75, 3.05) is 0 Å². The molecule has 7 nitrogen and oxygen atoms in total. The van der Waals surface area contributed by atoms with Gasteiger partial charge in [0.25, 0.3) is 0 Å². The summed E-state index contributed by atoms with van der Waals surface area (Å²) in [5.74, 6) is 0. The number of nitrogens with one attached hydrogen (secondary N) is 3. The van der Waals surface area contributed by atoms with Crippen LogP contribution in [0.1, 0.15) is 11.1 Å². The molecule has 6 aromatic rings. The number of pyridine rings is 3. The predicted octanol–water partition coefficient (Wildman–Crippen LogP) is 4.85. The Morgan fingerprint density at radius 1 is 0.818 bits per heavy atom. The molecular formula is C26H21N7. The minimum absolute atomic E-state index is 0.733. The second kappa shape index (κ2) is 8.29. The lowest BCUT2D eigenvalue weighted by molar-refractivity contribution is 0.691. The molecule has 0 fully saturated rings. The fourth-order valence-electron chi connectivity index (χ4n) is 4.00. The molecule has 7 heteroatoms. The van der Waals surface area contributed by atoms with E-state index >= 15 is 0 Å². The third-order valence-corrected chi connectivity index (χ3v) is 5.64. The van der Waals surface area contributed by atoms with Gasteiger partial charge in [0.15, 0.2) is 0 Å². The summed E-state index contributed by atoms with van der Waals surface area (Å²) in [6.07, 6.45) is 5.52. The smallest absolute Gasteiger partial charge is 0.135 e. The molecule has 6 rings (SSSR count). The molecule has 33 heavy (non-hydrogen) atoms. The van der Waals surface area contributed by atoms with Gasteiger partial charge >= 0.3 is 0 Å². The molecule has 0 radical (unpaired) electrons. The van der Waals surface area contributed by atoms with Crippen LogP contribution >= 0.6 is 0 Å². The summed E-state index contributed by atoms with van der Waals surface area (Å²) in [6.45, 7) is 1.55. The van der Waals surface area contributed by atoms with Crippen LogP contribution in [0.2, 0.25) is 0 Å². The third kappa shape index (κ3) is 3.86. The maximum absolute atomic E-state index is 4.93. The fraction of sp³-hybridized carbons (Fsp3) is 0.0769. The highest BCUT2D eigenvalue weighted by atomic mass is 15.1. The lowest BCUT2D eigenvalue weighted by Gasteiger charge is -2.07. The Kier molecular flexibility index (Phi) is 4.86. The van der Waals surface area contributed by atoms with Gasteiger partial charge < -0.3 is 10.3 Å². The molecule has 0 aliphatic carbocycles. The summed E-state index contributed by atoms with van der Waals surface area (Å²) in [7, 11) is 0. The van der Waals surface area contributed by atoms with E-state index in [4.69, 9.17) is 4.98 Å². The molecule has 3 N–H and O–H groups in total. The van der Waals surface area contributed by atoms with Gasteiger partial charge in [0.1, 0.15) is 11.2 Å². The van der Waals surface area contributed by atoms with Crippen molar-refractivity contribution in [3.05, 3.63) is 96.4 Å². The largest absolute Gasteiger partial charge is 0.352 e. The number of rotatable bonds is 6. The van der Waals surface area contributed by atoms with Crippen molar-refractivity contribution in [2.24, 2.45) is 0 Å². The van der Waals surface area contributed by atoms with Crippen molar-refractivity contribution < 1.29 is 0 Å². The summed E-state index contributed by atoms with van der Waals surface area (Å²) in [5.41, 5.74) is 9.43. The quantitative estimate of drug-likeness (QED) is 0.350. The normalized spacial score (nSPS) is 11.4. The summed E-state index contributed by atoms with van der Waals surface area (Å²) >= 11 is 0. The summed E-state index contributed by atoms with van der Waals surface area (Å²) < 4.78 is 0. The standard InChI is InChI=1S/C26H21N7/c1-2-5-17(6-3-1)13-27-14-18-11-19(16-28-15-18)20-8-9-22-25(31-20)26(33-32-22)24-12-23-21(30-24)7-4-10-29-23/h1-12,15-16,27,30H,13-14H2,(H,32,33). The maximum Gasteiger partial charge on any atom is 0.135 e. The fourth-order valence-corrected chi connectivity index (χ4v) is 4.00. The van der Waals surface area contributed by atoms with Crippen LogP contribution in [0.25, 0.3) is 44.7 Å².